The molecule has 0 bridgehead atoms. The first-order valence-electron chi connectivity index (χ1n) is 13.0. The van der Waals surface area contributed by atoms with E-state index in [0.29, 0.717) is 28.2 Å². The van der Waals surface area contributed by atoms with Crippen molar-refractivity contribution in [3.05, 3.63) is 76.1 Å². The lowest BCUT2D eigenvalue weighted by Gasteiger charge is -2.20. The number of hydrogen-bond donors (Lipinski definition) is 0. The number of aromatic nitrogens is 3. The molecule has 0 aliphatic heterocycles. The summed E-state index contributed by atoms with van der Waals surface area (Å²) < 4.78 is 44.7. The molecule has 1 aliphatic carbocycles. The van der Waals surface area contributed by atoms with Crippen LogP contribution in [0.1, 0.15) is 61.9 Å². The monoisotopic (exact) mass is 569 g/mol. The van der Waals surface area contributed by atoms with Crippen LogP contribution in [0.2, 0.25) is 5.02 Å². The number of alkyl halides is 2. The van der Waals surface area contributed by atoms with Crippen LogP contribution in [-0.4, -0.2) is 39.6 Å². The lowest BCUT2D eigenvalue weighted by molar-refractivity contribution is -0.157. The van der Waals surface area contributed by atoms with Crippen molar-refractivity contribution in [2.24, 2.45) is 0 Å². The van der Waals surface area contributed by atoms with Gasteiger partial charge in [-0.15, -0.1) is 0 Å². The molecule has 0 atom stereocenters. The number of carbonyl (C=O) groups is 1. The second-order valence-corrected chi connectivity index (χ2v) is 11.3. The molecule has 10 heteroatoms. The Bertz CT molecular complexity index is 1540. The quantitative estimate of drug-likeness (QED) is 0.199. The Morgan fingerprint density at radius 2 is 1.85 bits per heavy atom. The first-order valence-corrected chi connectivity index (χ1v) is 13.4. The molecule has 7 nitrogen and oxygen atoms in total. The summed E-state index contributed by atoms with van der Waals surface area (Å²) in [5, 5.41) is 5.41. The SMILES string of the molecule is Cc1c(Cc2ccc(-n3ccc(C4CC4)n3)cc2)c(OC(F)F)nc2c(Cl)ccc(OCC(=O)OC(C)(C)C)c12. The summed E-state index contributed by atoms with van der Waals surface area (Å²) in [6, 6.07) is 12.9. The molecule has 0 radical (unpaired) electrons. The molecular formula is C30H30ClF2N3O4. The Morgan fingerprint density at radius 1 is 1.12 bits per heavy atom. The maximum atomic E-state index is 13.4. The number of nitrogens with zero attached hydrogens (tertiary/aromatic N) is 3. The van der Waals surface area contributed by atoms with E-state index in [2.05, 4.69) is 10.1 Å². The van der Waals surface area contributed by atoms with Crippen molar-refractivity contribution in [3.63, 3.8) is 0 Å². The standard InChI is InChI=1S/C30H30ClF2N3O4/c1-17-21(15-18-5-9-20(10-6-18)36-14-13-23(35-36)19-7-8-19)28(39-29(32)33)34-27-22(31)11-12-24(26(17)27)38-16-25(37)40-30(2,3)4/h5-6,9-14,19,29H,7-8,15-16H2,1-4H3. The van der Waals surface area contributed by atoms with Gasteiger partial charge in [0.15, 0.2) is 6.61 Å². The third-order valence-electron chi connectivity index (χ3n) is 6.54. The van der Waals surface area contributed by atoms with Gasteiger partial charge < -0.3 is 14.2 Å². The van der Waals surface area contributed by atoms with Gasteiger partial charge in [0.05, 0.1) is 21.9 Å². The van der Waals surface area contributed by atoms with Gasteiger partial charge in [0.25, 0.3) is 0 Å². The molecule has 1 fully saturated rings. The third kappa shape index (κ3) is 6.36. The van der Waals surface area contributed by atoms with Crippen molar-refractivity contribution >= 4 is 28.5 Å². The molecule has 0 unspecified atom stereocenters. The Balaban J connectivity index is 1.47. The van der Waals surface area contributed by atoms with E-state index >= 15 is 0 Å². The summed E-state index contributed by atoms with van der Waals surface area (Å²) >= 11 is 6.41. The van der Waals surface area contributed by atoms with Gasteiger partial charge in [-0.05, 0) is 82.0 Å². The Labute approximate surface area is 236 Å². The molecule has 0 saturated heterocycles. The van der Waals surface area contributed by atoms with Crippen LogP contribution < -0.4 is 9.47 Å². The van der Waals surface area contributed by atoms with Gasteiger partial charge in [-0.25, -0.2) is 14.5 Å². The average molecular weight is 570 g/mol. The fourth-order valence-corrected chi connectivity index (χ4v) is 4.77. The fraction of sp³-hybridized carbons (Fsp3) is 0.367. The molecule has 1 aliphatic rings. The zero-order valence-corrected chi connectivity index (χ0v) is 23.5. The second-order valence-electron chi connectivity index (χ2n) is 10.8. The molecule has 2 heterocycles. The van der Waals surface area contributed by atoms with Crippen LogP contribution in [0.25, 0.3) is 16.6 Å². The Hall–Kier alpha value is -3.72. The highest BCUT2D eigenvalue weighted by molar-refractivity contribution is 6.35. The van der Waals surface area contributed by atoms with Gasteiger partial charge >= 0.3 is 12.6 Å². The van der Waals surface area contributed by atoms with Gasteiger partial charge in [0.2, 0.25) is 5.88 Å². The van der Waals surface area contributed by atoms with Gasteiger partial charge in [-0.1, -0.05) is 23.7 Å². The normalized spacial score (nSPS) is 13.6. The first kappa shape index (κ1) is 27.8. The van der Waals surface area contributed by atoms with Crippen LogP contribution in [0.3, 0.4) is 0 Å². The number of hydrogen-bond acceptors (Lipinski definition) is 6. The number of aryl methyl sites for hydroxylation is 1. The minimum absolute atomic E-state index is 0.212. The summed E-state index contributed by atoms with van der Waals surface area (Å²) in [5.74, 6) is 0.140. The molecule has 5 rings (SSSR count). The van der Waals surface area contributed by atoms with E-state index in [0.717, 1.165) is 16.9 Å². The van der Waals surface area contributed by atoms with Crippen molar-refractivity contribution in [1.82, 2.24) is 14.8 Å². The van der Waals surface area contributed by atoms with E-state index in [9.17, 15) is 13.6 Å². The van der Waals surface area contributed by atoms with Crippen LogP contribution in [0.4, 0.5) is 8.78 Å². The summed E-state index contributed by atoms with van der Waals surface area (Å²) in [6.07, 6.45) is 4.56. The number of rotatable bonds is 9. The number of fused-ring (bicyclic) bond motifs is 1. The third-order valence-corrected chi connectivity index (χ3v) is 6.85. The van der Waals surface area contributed by atoms with Crippen LogP contribution in [-0.2, 0) is 16.0 Å². The lowest BCUT2D eigenvalue weighted by Crippen LogP contribution is -2.27. The van der Waals surface area contributed by atoms with E-state index in [1.165, 1.54) is 18.9 Å². The van der Waals surface area contributed by atoms with Crippen LogP contribution in [0, 0.1) is 6.92 Å². The van der Waals surface area contributed by atoms with Gasteiger partial charge in [0, 0.05) is 29.5 Å². The largest absolute Gasteiger partial charge is 0.481 e. The smallest absolute Gasteiger partial charge is 0.388 e. The first-order chi connectivity index (χ1) is 19.0. The number of benzene rings is 2. The molecule has 2 aromatic heterocycles. The van der Waals surface area contributed by atoms with E-state index < -0.39 is 18.2 Å². The number of ether oxygens (including phenoxy) is 3. The number of carbonyl (C=O) groups excluding carboxylic acids is 1. The van der Waals surface area contributed by atoms with Crippen molar-refractivity contribution in [2.45, 2.75) is 65.1 Å². The van der Waals surface area contributed by atoms with Crippen molar-refractivity contribution in [1.29, 1.82) is 0 Å². The Morgan fingerprint density at radius 3 is 2.50 bits per heavy atom. The predicted octanol–water partition coefficient (Wildman–Crippen LogP) is 7.17. The van der Waals surface area contributed by atoms with Crippen molar-refractivity contribution in [3.8, 4) is 17.3 Å². The van der Waals surface area contributed by atoms with Crippen LogP contribution in [0.5, 0.6) is 11.6 Å². The highest BCUT2D eigenvalue weighted by atomic mass is 35.5. The predicted molar refractivity (Wildman–Crippen MR) is 148 cm³/mol. The average Bonchev–Trinajstić information content (AvgIpc) is 3.61. The lowest BCUT2D eigenvalue weighted by atomic mass is 9.97. The maximum Gasteiger partial charge on any atom is 0.388 e. The molecular weight excluding hydrogens is 540 g/mol. The van der Waals surface area contributed by atoms with Crippen molar-refractivity contribution in [2.75, 3.05) is 6.61 Å². The summed E-state index contributed by atoms with van der Waals surface area (Å²) in [7, 11) is 0. The van der Waals surface area contributed by atoms with E-state index in [1.54, 1.807) is 33.8 Å². The minimum Gasteiger partial charge on any atom is -0.481 e. The molecule has 1 saturated carbocycles. The molecule has 0 spiro atoms. The van der Waals surface area contributed by atoms with Gasteiger partial charge in [-0.2, -0.15) is 13.9 Å². The molecule has 0 N–H and O–H groups in total. The molecule has 210 valence electrons. The van der Waals surface area contributed by atoms with Gasteiger partial charge in [-0.3, -0.25) is 0 Å². The highest BCUT2D eigenvalue weighted by Crippen LogP contribution is 2.40. The fourth-order valence-electron chi connectivity index (χ4n) is 4.57. The highest BCUT2D eigenvalue weighted by Gasteiger charge is 2.26. The van der Waals surface area contributed by atoms with Crippen LogP contribution >= 0.6 is 11.6 Å². The van der Waals surface area contributed by atoms with E-state index in [1.807, 2.05) is 41.2 Å². The molecule has 2 aromatic carbocycles. The second kappa shape index (κ2) is 11.0. The summed E-state index contributed by atoms with van der Waals surface area (Å²) in [4.78, 5) is 16.6. The van der Waals surface area contributed by atoms with Crippen molar-refractivity contribution < 1.29 is 27.8 Å². The van der Waals surface area contributed by atoms with Gasteiger partial charge in [0.1, 0.15) is 11.4 Å². The van der Waals surface area contributed by atoms with E-state index in [-0.39, 0.29) is 29.4 Å². The van der Waals surface area contributed by atoms with Crippen LogP contribution in [0.15, 0.2) is 48.7 Å². The van der Waals surface area contributed by atoms with E-state index in [4.69, 9.17) is 25.8 Å². The molecule has 40 heavy (non-hydrogen) atoms. The number of esters is 1. The zero-order chi connectivity index (χ0) is 28.6. The minimum atomic E-state index is -3.07. The number of pyridine rings is 1. The molecule has 0 amide bonds. The summed E-state index contributed by atoms with van der Waals surface area (Å²) in [6.45, 7) is 3.65. The molecule has 4 aromatic rings. The maximum absolute atomic E-state index is 13.4. The zero-order valence-electron chi connectivity index (χ0n) is 22.7. The summed E-state index contributed by atoms with van der Waals surface area (Å²) in [5.41, 5.74) is 3.49. The number of halogens is 3. The Kier molecular flexibility index (Phi) is 7.68. The topological polar surface area (TPSA) is 75.5 Å².